The zero-order valence-electron chi connectivity index (χ0n) is 6.60. The van der Waals surface area contributed by atoms with E-state index in [4.69, 9.17) is 5.73 Å². The van der Waals surface area contributed by atoms with Crippen LogP contribution in [0.15, 0.2) is 9.30 Å². The SMILES string of the molecule is CC(C)(N)Cc1csc(Br)n1. The fourth-order valence-electron chi connectivity index (χ4n) is 0.830. The van der Waals surface area contributed by atoms with Crippen molar-refractivity contribution in [3.05, 3.63) is 15.0 Å². The van der Waals surface area contributed by atoms with E-state index in [1.165, 1.54) is 0 Å². The van der Waals surface area contributed by atoms with Crippen molar-refractivity contribution in [2.24, 2.45) is 5.73 Å². The van der Waals surface area contributed by atoms with Crippen LogP contribution in [-0.4, -0.2) is 10.5 Å². The van der Waals surface area contributed by atoms with E-state index in [1.807, 2.05) is 19.2 Å². The van der Waals surface area contributed by atoms with Crippen LogP contribution in [0.1, 0.15) is 19.5 Å². The van der Waals surface area contributed by atoms with Gasteiger partial charge in [0.05, 0.1) is 5.69 Å². The Hall–Kier alpha value is 0.0700. The highest BCUT2D eigenvalue weighted by molar-refractivity contribution is 9.11. The van der Waals surface area contributed by atoms with Crippen LogP contribution in [0.2, 0.25) is 0 Å². The third-order valence-electron chi connectivity index (χ3n) is 1.16. The van der Waals surface area contributed by atoms with Gasteiger partial charge in [-0.15, -0.1) is 11.3 Å². The molecular weight excluding hydrogens is 224 g/mol. The van der Waals surface area contributed by atoms with Gasteiger partial charge in [-0.25, -0.2) is 4.98 Å². The maximum Gasteiger partial charge on any atom is 0.159 e. The van der Waals surface area contributed by atoms with Crippen molar-refractivity contribution in [3.63, 3.8) is 0 Å². The smallest absolute Gasteiger partial charge is 0.159 e. The first-order valence-electron chi connectivity index (χ1n) is 3.36. The van der Waals surface area contributed by atoms with Gasteiger partial charge in [0.1, 0.15) is 0 Å². The van der Waals surface area contributed by atoms with Crippen molar-refractivity contribution < 1.29 is 0 Å². The Labute approximate surface area is 79.0 Å². The molecule has 2 nitrogen and oxygen atoms in total. The lowest BCUT2D eigenvalue weighted by atomic mass is 10.0. The minimum absolute atomic E-state index is 0.159. The van der Waals surface area contributed by atoms with Crippen LogP contribution in [0, 0.1) is 0 Å². The summed E-state index contributed by atoms with van der Waals surface area (Å²) in [6.07, 6.45) is 0.828. The van der Waals surface area contributed by atoms with Gasteiger partial charge in [-0.3, -0.25) is 0 Å². The molecule has 0 fully saturated rings. The molecule has 1 aromatic heterocycles. The van der Waals surface area contributed by atoms with Gasteiger partial charge in [-0.1, -0.05) is 0 Å². The molecule has 0 spiro atoms. The molecule has 1 heterocycles. The second-order valence-corrected chi connectivity index (χ2v) is 5.39. The van der Waals surface area contributed by atoms with E-state index in [9.17, 15) is 0 Å². The molecule has 0 atom stereocenters. The molecule has 0 amide bonds. The summed E-state index contributed by atoms with van der Waals surface area (Å²) in [6.45, 7) is 4.00. The highest BCUT2D eigenvalue weighted by atomic mass is 79.9. The summed E-state index contributed by atoms with van der Waals surface area (Å²) in [7, 11) is 0. The van der Waals surface area contributed by atoms with Crippen LogP contribution in [0.4, 0.5) is 0 Å². The van der Waals surface area contributed by atoms with Crippen molar-refractivity contribution in [2.45, 2.75) is 25.8 Å². The van der Waals surface area contributed by atoms with Gasteiger partial charge in [-0.05, 0) is 29.8 Å². The van der Waals surface area contributed by atoms with E-state index in [0.717, 1.165) is 16.0 Å². The summed E-state index contributed by atoms with van der Waals surface area (Å²) in [5.74, 6) is 0. The summed E-state index contributed by atoms with van der Waals surface area (Å²) >= 11 is 4.90. The van der Waals surface area contributed by atoms with Crippen molar-refractivity contribution in [2.75, 3.05) is 0 Å². The Morgan fingerprint density at radius 2 is 2.36 bits per heavy atom. The first kappa shape index (κ1) is 9.16. The monoisotopic (exact) mass is 234 g/mol. The van der Waals surface area contributed by atoms with Gasteiger partial charge in [0.15, 0.2) is 3.92 Å². The Bertz CT molecular complexity index is 239. The zero-order chi connectivity index (χ0) is 8.48. The average Bonchev–Trinajstić information content (AvgIpc) is 2.10. The number of aromatic nitrogens is 1. The average molecular weight is 235 g/mol. The molecule has 0 saturated carbocycles. The van der Waals surface area contributed by atoms with Crippen LogP contribution in [0.5, 0.6) is 0 Å². The lowest BCUT2D eigenvalue weighted by Gasteiger charge is -2.15. The van der Waals surface area contributed by atoms with Gasteiger partial charge >= 0.3 is 0 Å². The minimum atomic E-state index is -0.159. The summed E-state index contributed by atoms with van der Waals surface area (Å²) in [5.41, 5.74) is 6.73. The summed E-state index contributed by atoms with van der Waals surface area (Å²) < 4.78 is 0.928. The van der Waals surface area contributed by atoms with Gasteiger partial charge in [0.25, 0.3) is 0 Å². The molecule has 0 saturated heterocycles. The Morgan fingerprint density at radius 1 is 1.73 bits per heavy atom. The van der Waals surface area contributed by atoms with Crippen LogP contribution in [-0.2, 0) is 6.42 Å². The number of nitrogens with two attached hydrogens (primary N) is 1. The summed E-state index contributed by atoms with van der Waals surface area (Å²) in [6, 6.07) is 0. The maximum atomic E-state index is 5.83. The molecule has 2 N–H and O–H groups in total. The maximum absolute atomic E-state index is 5.83. The molecule has 1 aromatic rings. The molecule has 62 valence electrons. The van der Waals surface area contributed by atoms with E-state index in [-0.39, 0.29) is 5.54 Å². The van der Waals surface area contributed by atoms with Crippen LogP contribution in [0.25, 0.3) is 0 Å². The molecule has 4 heteroatoms. The highest BCUT2D eigenvalue weighted by Gasteiger charge is 2.13. The van der Waals surface area contributed by atoms with Gasteiger partial charge in [0, 0.05) is 17.3 Å². The number of hydrogen-bond acceptors (Lipinski definition) is 3. The fraction of sp³-hybridized carbons (Fsp3) is 0.571. The Balaban J connectivity index is 2.65. The molecule has 11 heavy (non-hydrogen) atoms. The minimum Gasteiger partial charge on any atom is -0.325 e. The first-order valence-corrected chi connectivity index (χ1v) is 5.03. The molecule has 0 aromatic carbocycles. The van der Waals surface area contributed by atoms with Crippen molar-refractivity contribution in [3.8, 4) is 0 Å². The highest BCUT2D eigenvalue weighted by Crippen LogP contribution is 2.18. The largest absolute Gasteiger partial charge is 0.325 e. The fourth-order valence-corrected chi connectivity index (χ4v) is 1.88. The lowest BCUT2D eigenvalue weighted by Crippen LogP contribution is -2.34. The van der Waals surface area contributed by atoms with Crippen LogP contribution >= 0.6 is 27.3 Å². The second-order valence-electron chi connectivity index (χ2n) is 3.26. The number of halogens is 1. The number of rotatable bonds is 2. The van der Waals surface area contributed by atoms with E-state index in [2.05, 4.69) is 20.9 Å². The van der Waals surface area contributed by atoms with Gasteiger partial charge < -0.3 is 5.73 Å². The van der Waals surface area contributed by atoms with E-state index in [0.29, 0.717) is 0 Å². The van der Waals surface area contributed by atoms with Crippen molar-refractivity contribution in [1.82, 2.24) is 4.98 Å². The van der Waals surface area contributed by atoms with Crippen molar-refractivity contribution >= 4 is 27.3 Å². The van der Waals surface area contributed by atoms with E-state index < -0.39 is 0 Å². The van der Waals surface area contributed by atoms with Crippen LogP contribution < -0.4 is 5.73 Å². The number of nitrogens with zero attached hydrogens (tertiary/aromatic N) is 1. The molecule has 0 aliphatic heterocycles. The lowest BCUT2D eigenvalue weighted by molar-refractivity contribution is 0.511. The molecular formula is C7H11BrN2S. The normalized spacial score (nSPS) is 12.0. The molecule has 0 unspecified atom stereocenters. The molecule has 1 rings (SSSR count). The first-order chi connectivity index (χ1) is 4.97. The Kier molecular flexibility index (Phi) is 2.67. The summed E-state index contributed by atoms with van der Waals surface area (Å²) in [5, 5.41) is 2.03. The molecule has 0 radical (unpaired) electrons. The van der Waals surface area contributed by atoms with E-state index >= 15 is 0 Å². The predicted molar refractivity (Wildman–Crippen MR) is 51.8 cm³/mol. The van der Waals surface area contributed by atoms with Crippen LogP contribution in [0.3, 0.4) is 0 Å². The van der Waals surface area contributed by atoms with E-state index in [1.54, 1.807) is 11.3 Å². The zero-order valence-corrected chi connectivity index (χ0v) is 9.00. The summed E-state index contributed by atoms with van der Waals surface area (Å²) in [4.78, 5) is 4.25. The molecule has 0 bridgehead atoms. The topological polar surface area (TPSA) is 38.9 Å². The Morgan fingerprint density at radius 3 is 2.73 bits per heavy atom. The van der Waals surface area contributed by atoms with Gasteiger partial charge in [0.2, 0.25) is 0 Å². The number of thiazole rings is 1. The van der Waals surface area contributed by atoms with Crippen molar-refractivity contribution in [1.29, 1.82) is 0 Å². The predicted octanol–water partition coefficient (Wildman–Crippen LogP) is 2.19. The standard InChI is InChI=1S/C7H11BrN2S/c1-7(2,9)3-5-4-11-6(8)10-5/h4H,3,9H2,1-2H3. The third kappa shape index (κ3) is 3.31. The third-order valence-corrected chi connectivity index (χ3v) is 2.57. The van der Waals surface area contributed by atoms with Gasteiger partial charge in [-0.2, -0.15) is 0 Å². The quantitative estimate of drug-likeness (QED) is 0.853. The molecule has 0 aliphatic carbocycles. The number of hydrogen-bond donors (Lipinski definition) is 1. The molecule has 0 aliphatic rings. The second kappa shape index (κ2) is 3.21.